The summed E-state index contributed by atoms with van der Waals surface area (Å²) in [5.41, 5.74) is 0.676. The number of nitrogens with one attached hydrogen (secondary N) is 1. The van der Waals surface area contributed by atoms with Crippen molar-refractivity contribution in [2.75, 3.05) is 24.6 Å². The Hall–Kier alpha value is -2.11. The number of alkyl carbamates (subject to hydrolysis) is 1. The Morgan fingerprint density at radius 3 is 2.80 bits per heavy atom. The summed E-state index contributed by atoms with van der Waals surface area (Å²) in [4.78, 5) is 24.7. The molecule has 5 nitrogen and oxygen atoms in total. The first-order chi connectivity index (χ1) is 9.60. The van der Waals surface area contributed by atoms with E-state index in [1.54, 1.807) is 24.0 Å². The second-order valence-electron chi connectivity index (χ2n) is 4.65. The van der Waals surface area contributed by atoms with Crippen molar-refractivity contribution >= 4 is 17.7 Å². The smallest absolute Gasteiger partial charge is 0.407 e. The predicted octanol–water partition coefficient (Wildman–Crippen LogP) is 1.92. The van der Waals surface area contributed by atoms with Gasteiger partial charge in [0.15, 0.2) is 0 Å². The van der Waals surface area contributed by atoms with E-state index in [-0.39, 0.29) is 17.6 Å². The van der Waals surface area contributed by atoms with Crippen LogP contribution in [0.1, 0.15) is 13.3 Å². The fraction of sp³-hybridized carbons (Fsp3) is 0.429. The number of anilines is 1. The van der Waals surface area contributed by atoms with E-state index < -0.39 is 6.09 Å². The lowest BCUT2D eigenvalue weighted by molar-refractivity contribution is -0.117. The molecule has 0 radical (unpaired) electrons. The summed E-state index contributed by atoms with van der Waals surface area (Å²) in [6.45, 7) is 2.95. The maximum atomic E-state index is 12.9. The molecular weight excluding hydrogens is 263 g/mol. The van der Waals surface area contributed by atoms with Gasteiger partial charge in [-0.3, -0.25) is 4.79 Å². The van der Waals surface area contributed by atoms with Crippen molar-refractivity contribution in [2.45, 2.75) is 13.3 Å². The zero-order chi connectivity index (χ0) is 14.5. The van der Waals surface area contributed by atoms with Crippen LogP contribution in [-0.2, 0) is 9.53 Å². The number of halogens is 1. The Balaban J connectivity index is 1.90. The van der Waals surface area contributed by atoms with Gasteiger partial charge in [-0.05, 0) is 31.2 Å². The highest BCUT2D eigenvalue weighted by Gasteiger charge is 2.30. The molecule has 1 aliphatic heterocycles. The largest absolute Gasteiger partial charge is 0.450 e. The number of carbonyl (C=O) groups excluding carboxylic acids is 2. The molecule has 0 spiro atoms. The van der Waals surface area contributed by atoms with E-state index in [0.717, 1.165) is 0 Å². The zero-order valence-electron chi connectivity index (χ0n) is 11.3. The summed E-state index contributed by atoms with van der Waals surface area (Å²) < 4.78 is 17.6. The van der Waals surface area contributed by atoms with Crippen LogP contribution in [0.3, 0.4) is 0 Å². The minimum Gasteiger partial charge on any atom is -0.450 e. The van der Waals surface area contributed by atoms with Gasteiger partial charge in [-0.1, -0.05) is 0 Å². The average Bonchev–Trinajstić information content (AvgIpc) is 2.79. The third kappa shape index (κ3) is 3.46. The number of carbonyl (C=O) groups is 2. The highest BCUT2D eigenvalue weighted by Crippen LogP contribution is 2.24. The highest BCUT2D eigenvalue weighted by molar-refractivity contribution is 5.95. The van der Waals surface area contributed by atoms with Gasteiger partial charge in [-0.2, -0.15) is 0 Å². The van der Waals surface area contributed by atoms with Crippen LogP contribution in [0.5, 0.6) is 0 Å². The molecule has 20 heavy (non-hydrogen) atoms. The number of ether oxygens (including phenoxy) is 1. The number of nitrogens with zero attached hydrogens (tertiary/aromatic N) is 1. The van der Waals surface area contributed by atoms with E-state index in [4.69, 9.17) is 4.74 Å². The van der Waals surface area contributed by atoms with Gasteiger partial charge in [0.2, 0.25) is 5.91 Å². The molecule has 1 unspecified atom stereocenters. The van der Waals surface area contributed by atoms with E-state index in [1.165, 1.54) is 12.1 Å². The highest BCUT2D eigenvalue weighted by atomic mass is 19.1. The Bertz CT molecular complexity index is 490. The molecule has 2 amide bonds. The van der Waals surface area contributed by atoms with Crippen molar-refractivity contribution in [3.05, 3.63) is 30.1 Å². The van der Waals surface area contributed by atoms with Crippen molar-refractivity contribution in [1.82, 2.24) is 5.32 Å². The lowest BCUT2D eigenvalue weighted by Crippen LogP contribution is -2.31. The average molecular weight is 280 g/mol. The van der Waals surface area contributed by atoms with Crippen LogP contribution in [0.25, 0.3) is 0 Å². The molecular formula is C14H17FN2O3. The number of amides is 2. The first kappa shape index (κ1) is 14.3. The molecule has 2 rings (SSSR count). The van der Waals surface area contributed by atoms with Crippen LogP contribution in [0.15, 0.2) is 24.3 Å². The molecule has 0 aliphatic carbocycles. The summed E-state index contributed by atoms with van der Waals surface area (Å²) in [7, 11) is 0. The SMILES string of the molecule is CCOC(=O)NCC1CC(=O)N(c2ccc(F)cc2)C1. The van der Waals surface area contributed by atoms with E-state index in [9.17, 15) is 14.0 Å². The van der Waals surface area contributed by atoms with Gasteiger partial charge in [0.05, 0.1) is 6.61 Å². The summed E-state index contributed by atoms with van der Waals surface area (Å²) in [6.07, 6.45) is -0.107. The molecule has 1 aromatic carbocycles. The molecule has 1 saturated heterocycles. The molecule has 1 heterocycles. The Kier molecular flexibility index (Phi) is 4.55. The number of rotatable bonds is 4. The molecule has 1 fully saturated rings. The van der Waals surface area contributed by atoms with Gasteiger partial charge in [-0.25, -0.2) is 9.18 Å². The monoisotopic (exact) mass is 280 g/mol. The first-order valence-corrected chi connectivity index (χ1v) is 6.56. The van der Waals surface area contributed by atoms with Gasteiger partial charge < -0.3 is 15.0 Å². The fourth-order valence-corrected chi connectivity index (χ4v) is 2.20. The van der Waals surface area contributed by atoms with Crippen molar-refractivity contribution in [3.8, 4) is 0 Å². The fourth-order valence-electron chi connectivity index (χ4n) is 2.20. The lowest BCUT2D eigenvalue weighted by atomic mass is 10.1. The molecule has 1 aliphatic rings. The van der Waals surface area contributed by atoms with Crippen LogP contribution in [0.2, 0.25) is 0 Å². The summed E-state index contributed by atoms with van der Waals surface area (Å²) in [5.74, 6) is -0.315. The Morgan fingerprint density at radius 2 is 2.15 bits per heavy atom. The van der Waals surface area contributed by atoms with E-state index in [0.29, 0.717) is 31.8 Å². The summed E-state index contributed by atoms with van der Waals surface area (Å²) in [6, 6.07) is 5.81. The van der Waals surface area contributed by atoms with Crippen molar-refractivity contribution in [2.24, 2.45) is 5.92 Å². The van der Waals surface area contributed by atoms with Gasteiger partial charge in [0.1, 0.15) is 5.82 Å². The lowest BCUT2D eigenvalue weighted by Gasteiger charge is -2.16. The maximum absolute atomic E-state index is 12.9. The number of hydrogen-bond acceptors (Lipinski definition) is 3. The van der Waals surface area contributed by atoms with Gasteiger partial charge in [-0.15, -0.1) is 0 Å². The molecule has 0 saturated carbocycles. The summed E-state index contributed by atoms with van der Waals surface area (Å²) in [5, 5.41) is 2.63. The van der Waals surface area contributed by atoms with E-state index >= 15 is 0 Å². The topological polar surface area (TPSA) is 58.6 Å². The minimum atomic E-state index is -0.472. The first-order valence-electron chi connectivity index (χ1n) is 6.56. The van der Waals surface area contributed by atoms with Crippen molar-refractivity contribution < 1.29 is 18.7 Å². The predicted molar refractivity (Wildman–Crippen MR) is 71.9 cm³/mol. The Morgan fingerprint density at radius 1 is 1.45 bits per heavy atom. The Labute approximate surface area is 116 Å². The number of hydrogen-bond donors (Lipinski definition) is 1. The second-order valence-corrected chi connectivity index (χ2v) is 4.65. The molecule has 108 valence electrons. The molecule has 1 N–H and O–H groups in total. The quantitative estimate of drug-likeness (QED) is 0.916. The van der Waals surface area contributed by atoms with Crippen molar-refractivity contribution in [1.29, 1.82) is 0 Å². The molecule has 0 aromatic heterocycles. The van der Waals surface area contributed by atoms with E-state index in [1.807, 2.05) is 0 Å². The minimum absolute atomic E-state index is 0.0210. The van der Waals surface area contributed by atoms with Crippen LogP contribution >= 0.6 is 0 Å². The molecule has 0 bridgehead atoms. The normalized spacial score (nSPS) is 18.2. The third-order valence-electron chi connectivity index (χ3n) is 3.15. The standard InChI is InChI=1S/C14H17FN2O3/c1-2-20-14(19)16-8-10-7-13(18)17(9-10)12-5-3-11(15)4-6-12/h3-6,10H,2,7-9H2,1H3,(H,16,19). The zero-order valence-corrected chi connectivity index (χ0v) is 11.3. The van der Waals surface area contributed by atoms with Crippen molar-refractivity contribution in [3.63, 3.8) is 0 Å². The molecule has 1 aromatic rings. The second kappa shape index (κ2) is 6.36. The van der Waals surface area contributed by atoms with Crippen LogP contribution < -0.4 is 10.2 Å². The van der Waals surface area contributed by atoms with E-state index in [2.05, 4.69) is 5.32 Å². The number of benzene rings is 1. The maximum Gasteiger partial charge on any atom is 0.407 e. The van der Waals surface area contributed by atoms with Gasteiger partial charge in [0.25, 0.3) is 0 Å². The molecule has 1 atom stereocenters. The molecule has 6 heteroatoms. The van der Waals surface area contributed by atoms with Crippen LogP contribution in [0.4, 0.5) is 14.9 Å². The van der Waals surface area contributed by atoms with Crippen LogP contribution in [-0.4, -0.2) is 31.7 Å². The summed E-state index contributed by atoms with van der Waals surface area (Å²) >= 11 is 0. The van der Waals surface area contributed by atoms with Gasteiger partial charge in [0, 0.05) is 31.1 Å². The van der Waals surface area contributed by atoms with Gasteiger partial charge >= 0.3 is 6.09 Å². The van der Waals surface area contributed by atoms with Crippen LogP contribution in [0, 0.1) is 11.7 Å². The third-order valence-corrected chi connectivity index (χ3v) is 3.15.